The number of nitrogens with zero attached hydrogens (tertiary/aromatic N) is 1. The first kappa shape index (κ1) is 6.09. The quantitative estimate of drug-likeness (QED) is 0.498. The molecule has 1 aliphatic heterocycles. The van der Waals surface area contributed by atoms with E-state index in [-0.39, 0.29) is 0 Å². The summed E-state index contributed by atoms with van der Waals surface area (Å²) in [4.78, 5) is 2.39. The van der Waals surface area contributed by atoms with E-state index in [0.29, 0.717) is 0 Å². The topological polar surface area (TPSA) is 3.24 Å². The van der Waals surface area contributed by atoms with Gasteiger partial charge in [0.1, 0.15) is 0 Å². The number of hydrogen-bond donors (Lipinski definition) is 0. The molecule has 0 aliphatic carbocycles. The number of rotatable bonds is 1. The Bertz CT molecular complexity index is 55.4. The van der Waals surface area contributed by atoms with Gasteiger partial charge in [-0.05, 0) is 32.9 Å². The first-order valence-corrected chi connectivity index (χ1v) is 3.47. The van der Waals surface area contributed by atoms with Gasteiger partial charge < -0.3 is 0 Å². The summed E-state index contributed by atoms with van der Waals surface area (Å²) in [7, 11) is 0. The molecule has 8 heavy (non-hydrogen) atoms. The van der Waals surface area contributed by atoms with Crippen molar-refractivity contribution in [1.82, 2.24) is 4.90 Å². The van der Waals surface area contributed by atoms with Crippen LogP contribution in [-0.4, -0.2) is 18.0 Å². The number of likely N-dealkylation sites (tertiary alicyclic amines) is 1. The predicted molar refractivity (Wildman–Crippen MR) is 35.4 cm³/mol. The zero-order chi connectivity index (χ0) is 5.82. The SMILES string of the molecule is C[CH]N1CCCCC1. The monoisotopic (exact) mass is 112 g/mol. The molecule has 1 nitrogen and oxygen atoms in total. The Hall–Kier alpha value is -0.0400. The molecule has 1 fully saturated rings. The summed E-state index contributed by atoms with van der Waals surface area (Å²) in [5, 5.41) is 0. The van der Waals surface area contributed by atoms with Crippen LogP contribution in [0.25, 0.3) is 0 Å². The van der Waals surface area contributed by atoms with Crippen molar-refractivity contribution in [3.8, 4) is 0 Å². The minimum atomic E-state index is 1.29. The van der Waals surface area contributed by atoms with E-state index in [1.165, 1.54) is 32.4 Å². The summed E-state index contributed by atoms with van der Waals surface area (Å²) in [5.74, 6) is 0. The molecule has 0 aromatic rings. The van der Waals surface area contributed by atoms with E-state index in [4.69, 9.17) is 0 Å². The van der Waals surface area contributed by atoms with E-state index in [2.05, 4.69) is 18.4 Å². The number of hydrogen-bond acceptors (Lipinski definition) is 1. The lowest BCUT2D eigenvalue weighted by Gasteiger charge is -2.23. The standard InChI is InChI=1S/C7H14N/c1-2-8-6-4-3-5-7-8/h2H,3-7H2,1H3. The fraction of sp³-hybridized carbons (Fsp3) is 0.857. The van der Waals surface area contributed by atoms with E-state index in [1.54, 1.807) is 0 Å². The minimum absolute atomic E-state index is 1.29. The van der Waals surface area contributed by atoms with Crippen molar-refractivity contribution in [3.05, 3.63) is 6.54 Å². The summed E-state index contributed by atoms with van der Waals surface area (Å²) in [6.07, 6.45) is 4.22. The van der Waals surface area contributed by atoms with Crippen molar-refractivity contribution in [2.24, 2.45) is 0 Å². The largest absolute Gasteiger partial charge is 0.299 e. The first-order valence-electron chi connectivity index (χ1n) is 3.47. The third kappa shape index (κ3) is 1.48. The zero-order valence-corrected chi connectivity index (χ0v) is 5.56. The van der Waals surface area contributed by atoms with Crippen molar-refractivity contribution in [2.45, 2.75) is 26.2 Å². The molecule has 0 saturated carbocycles. The molecule has 1 saturated heterocycles. The summed E-state index contributed by atoms with van der Waals surface area (Å²) in [6.45, 7) is 6.89. The molecule has 0 amide bonds. The van der Waals surface area contributed by atoms with Crippen LogP contribution >= 0.6 is 0 Å². The van der Waals surface area contributed by atoms with Crippen molar-refractivity contribution < 1.29 is 0 Å². The van der Waals surface area contributed by atoms with Crippen LogP contribution in [0, 0.1) is 6.54 Å². The van der Waals surface area contributed by atoms with Gasteiger partial charge in [-0.15, -0.1) is 0 Å². The van der Waals surface area contributed by atoms with E-state index in [0.717, 1.165) is 0 Å². The van der Waals surface area contributed by atoms with Gasteiger partial charge in [-0.1, -0.05) is 6.42 Å². The molecule has 0 unspecified atom stereocenters. The van der Waals surface area contributed by atoms with Crippen LogP contribution in [-0.2, 0) is 0 Å². The molecule has 1 rings (SSSR count). The van der Waals surface area contributed by atoms with Gasteiger partial charge in [0.05, 0.1) is 0 Å². The average molecular weight is 112 g/mol. The Kier molecular flexibility index (Phi) is 2.34. The Morgan fingerprint density at radius 2 is 1.75 bits per heavy atom. The molecular formula is C7H14N. The first-order chi connectivity index (χ1) is 3.93. The predicted octanol–water partition coefficient (Wildman–Crippen LogP) is 1.65. The number of piperidine rings is 1. The second kappa shape index (κ2) is 3.08. The van der Waals surface area contributed by atoms with Gasteiger partial charge in [0.15, 0.2) is 0 Å². The Labute approximate surface area is 51.7 Å². The normalized spacial score (nSPS) is 23.6. The average Bonchev–Trinajstić information content (AvgIpc) is 1.90. The highest BCUT2D eigenvalue weighted by molar-refractivity contribution is 4.67. The lowest BCUT2D eigenvalue weighted by Crippen LogP contribution is -2.25. The molecule has 1 heterocycles. The van der Waals surface area contributed by atoms with Crippen LogP contribution in [0.5, 0.6) is 0 Å². The second-order valence-electron chi connectivity index (χ2n) is 2.35. The summed E-state index contributed by atoms with van der Waals surface area (Å²) < 4.78 is 0. The van der Waals surface area contributed by atoms with Gasteiger partial charge in [-0.25, -0.2) is 0 Å². The molecule has 0 atom stereocenters. The van der Waals surface area contributed by atoms with Gasteiger partial charge in [0.2, 0.25) is 0 Å². The highest BCUT2D eigenvalue weighted by atomic mass is 15.1. The summed E-state index contributed by atoms with van der Waals surface area (Å²) in [6, 6.07) is 0. The molecule has 1 aliphatic rings. The molecule has 0 N–H and O–H groups in total. The van der Waals surface area contributed by atoms with Gasteiger partial charge >= 0.3 is 0 Å². The highest BCUT2D eigenvalue weighted by Crippen LogP contribution is 2.08. The lowest BCUT2D eigenvalue weighted by atomic mass is 10.1. The van der Waals surface area contributed by atoms with Gasteiger partial charge in [0.25, 0.3) is 0 Å². The molecule has 0 bridgehead atoms. The minimum Gasteiger partial charge on any atom is -0.299 e. The maximum absolute atomic E-state index is 2.39. The van der Waals surface area contributed by atoms with E-state index in [1.807, 2.05) is 0 Å². The van der Waals surface area contributed by atoms with Crippen LogP contribution in [0.3, 0.4) is 0 Å². The Balaban J connectivity index is 2.13. The zero-order valence-electron chi connectivity index (χ0n) is 5.56. The van der Waals surface area contributed by atoms with Gasteiger partial charge in [-0.2, -0.15) is 0 Å². The molecule has 0 aromatic carbocycles. The summed E-state index contributed by atoms with van der Waals surface area (Å²) >= 11 is 0. The Morgan fingerprint density at radius 3 is 2.12 bits per heavy atom. The third-order valence-corrected chi connectivity index (χ3v) is 1.76. The fourth-order valence-electron chi connectivity index (χ4n) is 1.18. The van der Waals surface area contributed by atoms with Crippen molar-refractivity contribution in [3.63, 3.8) is 0 Å². The van der Waals surface area contributed by atoms with Crippen LogP contribution in [0.4, 0.5) is 0 Å². The van der Waals surface area contributed by atoms with Gasteiger partial charge in [0, 0.05) is 6.54 Å². The van der Waals surface area contributed by atoms with Crippen LogP contribution < -0.4 is 0 Å². The van der Waals surface area contributed by atoms with Crippen LogP contribution in [0.1, 0.15) is 26.2 Å². The third-order valence-electron chi connectivity index (χ3n) is 1.76. The maximum Gasteiger partial charge on any atom is 0.0220 e. The lowest BCUT2D eigenvalue weighted by molar-refractivity contribution is 0.280. The van der Waals surface area contributed by atoms with Crippen LogP contribution in [0.2, 0.25) is 0 Å². The van der Waals surface area contributed by atoms with E-state index in [9.17, 15) is 0 Å². The fourth-order valence-corrected chi connectivity index (χ4v) is 1.18. The molecular weight excluding hydrogens is 98.1 g/mol. The summed E-state index contributed by atoms with van der Waals surface area (Å²) in [5.41, 5.74) is 0. The molecule has 47 valence electrons. The smallest absolute Gasteiger partial charge is 0.0220 e. The van der Waals surface area contributed by atoms with Crippen molar-refractivity contribution in [2.75, 3.05) is 13.1 Å². The van der Waals surface area contributed by atoms with E-state index < -0.39 is 0 Å². The molecule has 1 radical (unpaired) electrons. The highest BCUT2D eigenvalue weighted by Gasteiger charge is 2.05. The molecule has 0 spiro atoms. The molecule has 0 aromatic heterocycles. The van der Waals surface area contributed by atoms with Crippen molar-refractivity contribution >= 4 is 0 Å². The maximum atomic E-state index is 2.39. The van der Waals surface area contributed by atoms with Gasteiger partial charge in [-0.3, -0.25) is 4.90 Å². The second-order valence-corrected chi connectivity index (χ2v) is 2.35. The molecule has 1 heteroatoms. The van der Waals surface area contributed by atoms with Crippen LogP contribution in [0.15, 0.2) is 0 Å². The Morgan fingerprint density at radius 1 is 1.12 bits per heavy atom. The van der Waals surface area contributed by atoms with E-state index >= 15 is 0 Å². The van der Waals surface area contributed by atoms with Crippen molar-refractivity contribution in [1.29, 1.82) is 0 Å².